The molecule has 28 heavy (non-hydrogen) atoms. The number of hydrogen-bond donors (Lipinski definition) is 0. The van der Waals surface area contributed by atoms with Crippen molar-refractivity contribution >= 4 is 21.8 Å². The van der Waals surface area contributed by atoms with Gasteiger partial charge in [-0.15, -0.1) is 0 Å². The molecule has 4 bridgehead atoms. The summed E-state index contributed by atoms with van der Waals surface area (Å²) in [7, 11) is 0. The fourth-order valence-corrected chi connectivity index (χ4v) is 4.69. The summed E-state index contributed by atoms with van der Waals surface area (Å²) in [6.07, 6.45) is 4.04. The monoisotopic (exact) mass is 431 g/mol. The number of hydrogen-bond acceptors (Lipinski definition) is 2. The first-order chi connectivity index (χ1) is 13.8. The molecule has 0 amide bonds. The molecule has 3 aromatic carbocycles. The van der Waals surface area contributed by atoms with Crippen molar-refractivity contribution < 1.29 is 4.74 Å². The van der Waals surface area contributed by atoms with Crippen molar-refractivity contribution in [3.8, 4) is 0 Å². The first-order valence-corrected chi connectivity index (χ1v) is 10.7. The van der Waals surface area contributed by atoms with Crippen LogP contribution in [-0.4, -0.2) is 12.5 Å². The lowest BCUT2D eigenvalue weighted by molar-refractivity contribution is 0.319. The van der Waals surface area contributed by atoms with E-state index in [2.05, 4.69) is 76.6 Å². The van der Waals surface area contributed by atoms with Crippen LogP contribution < -0.4 is 0 Å². The summed E-state index contributed by atoms with van der Waals surface area (Å²) in [6.45, 7) is 0.622. The molecule has 0 saturated carbocycles. The smallest absolute Gasteiger partial charge is 0.217 e. The highest BCUT2D eigenvalue weighted by molar-refractivity contribution is 9.10. The topological polar surface area (TPSA) is 21.6 Å². The van der Waals surface area contributed by atoms with Crippen LogP contribution in [0, 0.1) is 0 Å². The summed E-state index contributed by atoms with van der Waals surface area (Å²) < 4.78 is 7.31. The van der Waals surface area contributed by atoms with Gasteiger partial charge in [0.05, 0.1) is 0 Å². The Bertz CT molecular complexity index is 1040. The zero-order valence-corrected chi connectivity index (χ0v) is 17.3. The lowest BCUT2D eigenvalue weighted by Crippen LogP contribution is -2.09. The van der Waals surface area contributed by atoms with E-state index in [0.29, 0.717) is 6.61 Å². The molecule has 8 rings (SSSR count). The Morgan fingerprint density at radius 2 is 1.50 bits per heavy atom. The van der Waals surface area contributed by atoms with E-state index in [0.717, 1.165) is 31.6 Å². The van der Waals surface area contributed by atoms with Crippen molar-refractivity contribution in [3.05, 3.63) is 105 Å². The highest BCUT2D eigenvalue weighted by Gasteiger charge is 2.23. The number of ether oxygens (including phenoxy) is 1. The molecule has 0 spiro atoms. The molecule has 0 fully saturated rings. The standard InChI is InChI=1S/C25H22BrNO/c26-23-15-18-7-11-19-10-6-17(8-12-20(23)13-9-18)14-22(19)25-27-24(16-28-25)21-4-2-1-3-5-21/h1-6,9-10,13-15,24H,7-8,11-12,16H2/t24-/m0/s1. The van der Waals surface area contributed by atoms with Crippen LogP contribution >= 0.6 is 15.9 Å². The maximum Gasteiger partial charge on any atom is 0.217 e. The van der Waals surface area contributed by atoms with E-state index in [1.807, 2.05) is 6.07 Å². The van der Waals surface area contributed by atoms with Crippen molar-refractivity contribution in [3.63, 3.8) is 0 Å². The molecule has 0 aromatic heterocycles. The molecule has 1 atom stereocenters. The second-order valence-electron chi connectivity index (χ2n) is 7.59. The molecule has 4 aliphatic carbocycles. The molecule has 0 N–H and O–H groups in total. The highest BCUT2D eigenvalue weighted by Crippen LogP contribution is 2.29. The summed E-state index contributed by atoms with van der Waals surface area (Å²) in [5.74, 6) is 0.804. The summed E-state index contributed by atoms with van der Waals surface area (Å²) in [5, 5.41) is 0. The first-order valence-electron chi connectivity index (χ1n) is 9.91. The minimum Gasteiger partial charge on any atom is -0.475 e. The van der Waals surface area contributed by atoms with E-state index in [1.165, 1.54) is 37.9 Å². The molecule has 3 heteroatoms. The van der Waals surface area contributed by atoms with E-state index in [9.17, 15) is 0 Å². The molecule has 1 aliphatic heterocycles. The average Bonchev–Trinajstić information content (AvgIpc) is 3.21. The molecule has 3 aromatic rings. The number of rotatable bonds is 2. The molecule has 5 aliphatic rings. The Balaban J connectivity index is 1.50. The van der Waals surface area contributed by atoms with Crippen LogP contribution in [0.5, 0.6) is 0 Å². The van der Waals surface area contributed by atoms with Crippen molar-refractivity contribution in [1.82, 2.24) is 0 Å². The Hall–Kier alpha value is -2.39. The normalized spacial score (nSPS) is 18.3. The predicted octanol–water partition coefficient (Wildman–Crippen LogP) is 5.85. The van der Waals surface area contributed by atoms with Gasteiger partial charge >= 0.3 is 0 Å². The summed E-state index contributed by atoms with van der Waals surface area (Å²) in [4.78, 5) is 4.94. The highest BCUT2D eigenvalue weighted by atomic mass is 79.9. The van der Waals surface area contributed by atoms with Gasteiger partial charge in [0.25, 0.3) is 0 Å². The molecule has 0 saturated heterocycles. The molecule has 2 nitrogen and oxygen atoms in total. The summed E-state index contributed by atoms with van der Waals surface area (Å²) in [5.41, 5.74) is 7.77. The SMILES string of the molecule is Brc1cc2ccc1CCc1ccc(c(C3=N[C@H](c4ccccc4)CO3)c1)CC2. The van der Waals surface area contributed by atoms with Crippen LogP contribution in [0.25, 0.3) is 0 Å². The van der Waals surface area contributed by atoms with E-state index >= 15 is 0 Å². The van der Waals surface area contributed by atoms with Crippen molar-refractivity contribution in [1.29, 1.82) is 0 Å². The third-order valence-electron chi connectivity index (χ3n) is 5.72. The van der Waals surface area contributed by atoms with E-state index in [4.69, 9.17) is 9.73 Å². The van der Waals surface area contributed by atoms with Gasteiger partial charge in [-0.25, -0.2) is 4.99 Å². The largest absolute Gasteiger partial charge is 0.475 e. The maximum absolute atomic E-state index is 6.08. The van der Waals surface area contributed by atoms with Gasteiger partial charge < -0.3 is 4.74 Å². The molecule has 1 heterocycles. The second kappa shape index (κ2) is 7.56. The quantitative estimate of drug-likeness (QED) is 0.498. The van der Waals surface area contributed by atoms with Gasteiger partial charge in [-0.3, -0.25) is 0 Å². The number of aryl methyl sites for hydroxylation is 4. The lowest BCUT2D eigenvalue weighted by atomic mass is 9.93. The number of aliphatic imine (C=N–C) groups is 1. The Morgan fingerprint density at radius 1 is 0.786 bits per heavy atom. The van der Waals surface area contributed by atoms with Gasteiger partial charge in [0.1, 0.15) is 12.6 Å². The Labute approximate surface area is 174 Å². The zero-order chi connectivity index (χ0) is 18.9. The second-order valence-corrected chi connectivity index (χ2v) is 8.44. The molecule has 0 radical (unpaired) electrons. The third-order valence-corrected chi connectivity index (χ3v) is 6.46. The van der Waals surface area contributed by atoms with Crippen molar-refractivity contribution in [2.75, 3.05) is 6.61 Å². The summed E-state index contributed by atoms with van der Waals surface area (Å²) in [6, 6.07) is 24.2. The van der Waals surface area contributed by atoms with E-state index in [-0.39, 0.29) is 6.04 Å². The fourth-order valence-electron chi connectivity index (χ4n) is 4.07. The average molecular weight is 432 g/mol. The molecule has 140 valence electrons. The Kier molecular flexibility index (Phi) is 4.77. The molecule has 0 unspecified atom stereocenters. The van der Waals surface area contributed by atoms with Crippen LogP contribution in [0.3, 0.4) is 0 Å². The maximum atomic E-state index is 6.08. The van der Waals surface area contributed by atoms with Crippen molar-refractivity contribution in [2.24, 2.45) is 4.99 Å². The number of benzene rings is 3. The lowest BCUT2D eigenvalue weighted by Gasteiger charge is -2.15. The Morgan fingerprint density at radius 3 is 2.29 bits per heavy atom. The van der Waals surface area contributed by atoms with Crippen LogP contribution in [0.2, 0.25) is 0 Å². The van der Waals surface area contributed by atoms with Crippen LogP contribution in [-0.2, 0) is 30.4 Å². The minimum absolute atomic E-state index is 0.0920. The molecular weight excluding hydrogens is 410 g/mol. The molecular formula is C25H22BrNO. The summed E-state index contributed by atoms with van der Waals surface area (Å²) >= 11 is 3.75. The van der Waals surface area contributed by atoms with Crippen LogP contribution in [0.4, 0.5) is 0 Å². The zero-order valence-electron chi connectivity index (χ0n) is 15.7. The number of halogens is 1. The van der Waals surface area contributed by atoms with Gasteiger partial charge in [-0.1, -0.05) is 70.5 Å². The predicted molar refractivity (Wildman–Crippen MR) is 117 cm³/mol. The van der Waals surface area contributed by atoms with Crippen LogP contribution in [0.15, 0.2) is 76.2 Å². The van der Waals surface area contributed by atoms with Gasteiger partial charge in [0, 0.05) is 10.0 Å². The first kappa shape index (κ1) is 17.7. The minimum atomic E-state index is 0.0920. The third kappa shape index (κ3) is 3.51. The van der Waals surface area contributed by atoms with Gasteiger partial charge in [-0.2, -0.15) is 0 Å². The van der Waals surface area contributed by atoms with E-state index in [1.54, 1.807) is 0 Å². The van der Waals surface area contributed by atoms with Gasteiger partial charge in [0.2, 0.25) is 5.90 Å². The van der Waals surface area contributed by atoms with Crippen molar-refractivity contribution in [2.45, 2.75) is 31.7 Å². The van der Waals surface area contributed by atoms with Gasteiger partial charge in [-0.05, 0) is 65.6 Å². The van der Waals surface area contributed by atoms with Gasteiger partial charge in [0.15, 0.2) is 0 Å². The van der Waals surface area contributed by atoms with E-state index < -0.39 is 0 Å². The number of nitrogens with zero attached hydrogens (tertiary/aromatic N) is 1. The van der Waals surface area contributed by atoms with Crippen LogP contribution in [0.1, 0.15) is 39.4 Å². The fraction of sp³-hybridized carbons (Fsp3) is 0.240.